The molecule has 1 spiro atoms. The third-order valence-electron chi connectivity index (χ3n) is 9.80. The van der Waals surface area contributed by atoms with Gasteiger partial charge in [-0.2, -0.15) is 5.10 Å². The molecule has 2 atom stereocenters. The van der Waals surface area contributed by atoms with Gasteiger partial charge in [-0.15, -0.1) is 0 Å². The van der Waals surface area contributed by atoms with E-state index in [1.807, 2.05) is 18.2 Å². The molecule has 0 bridgehead atoms. The van der Waals surface area contributed by atoms with Gasteiger partial charge in [0, 0.05) is 58.7 Å². The molecule has 2 aromatic carbocycles. The SMILES string of the molecule is CN(C)C(=O)C1=NN2CCCN(c3nc(Cl)nc4c3CN(C)C3(CCCc5ccc(OCc6ccccc6)cc53)C4)CC2C1. The first-order chi connectivity index (χ1) is 21.3. The van der Waals surface area contributed by atoms with E-state index in [4.69, 9.17) is 31.4 Å². The van der Waals surface area contributed by atoms with Crippen molar-refractivity contribution in [1.82, 2.24) is 24.8 Å². The quantitative estimate of drug-likeness (QED) is 0.388. The van der Waals surface area contributed by atoms with Gasteiger partial charge in [0.25, 0.3) is 5.91 Å². The van der Waals surface area contributed by atoms with Crippen LogP contribution in [0.2, 0.25) is 5.28 Å². The van der Waals surface area contributed by atoms with Crippen molar-refractivity contribution in [2.45, 2.75) is 63.3 Å². The van der Waals surface area contributed by atoms with Gasteiger partial charge in [0.15, 0.2) is 0 Å². The number of anilines is 1. The maximum Gasteiger partial charge on any atom is 0.269 e. The molecule has 0 radical (unpaired) electrons. The lowest BCUT2D eigenvalue weighted by atomic mass is 9.70. The fraction of sp³-hybridized carbons (Fsp3) is 0.471. The number of aromatic nitrogens is 2. The number of benzene rings is 2. The number of fused-ring (bicyclic) bond motifs is 4. The second kappa shape index (κ2) is 11.7. The number of hydrogen-bond acceptors (Lipinski definition) is 8. The van der Waals surface area contributed by atoms with E-state index in [2.05, 4.69) is 52.2 Å². The molecule has 1 aromatic heterocycles. The first-order valence-corrected chi connectivity index (χ1v) is 16.1. The molecule has 1 amide bonds. The Hall–Kier alpha value is -3.69. The Bertz CT molecular complexity index is 1600. The van der Waals surface area contributed by atoms with Crippen LogP contribution in [0.15, 0.2) is 53.6 Å². The Morgan fingerprint density at radius 2 is 1.95 bits per heavy atom. The molecular formula is C34H40ClN7O2. The second-order valence-corrected chi connectivity index (χ2v) is 13.2. The van der Waals surface area contributed by atoms with Gasteiger partial charge in [-0.3, -0.25) is 14.7 Å². The van der Waals surface area contributed by atoms with Gasteiger partial charge >= 0.3 is 0 Å². The third kappa shape index (κ3) is 5.30. The number of rotatable bonds is 5. The number of carbonyl (C=O) groups is 1. The molecule has 2 unspecified atom stereocenters. The van der Waals surface area contributed by atoms with Crippen molar-refractivity contribution < 1.29 is 9.53 Å². The van der Waals surface area contributed by atoms with Crippen LogP contribution in [0.4, 0.5) is 5.82 Å². The maximum atomic E-state index is 12.7. The average Bonchev–Trinajstić information content (AvgIpc) is 3.32. The molecule has 4 aliphatic rings. The van der Waals surface area contributed by atoms with Crippen LogP contribution in [0.1, 0.15) is 53.6 Å². The molecule has 3 aromatic rings. The molecule has 1 aliphatic carbocycles. The zero-order valence-corrected chi connectivity index (χ0v) is 26.6. The first-order valence-electron chi connectivity index (χ1n) is 15.7. The first kappa shape index (κ1) is 29.0. The third-order valence-corrected chi connectivity index (χ3v) is 9.96. The predicted molar refractivity (Wildman–Crippen MR) is 172 cm³/mol. The van der Waals surface area contributed by atoms with E-state index in [0.717, 1.165) is 86.7 Å². The van der Waals surface area contributed by atoms with Crippen molar-refractivity contribution in [2.75, 3.05) is 45.7 Å². The molecule has 7 rings (SSSR count). The minimum absolute atomic E-state index is 0.0135. The van der Waals surface area contributed by atoms with Crippen LogP contribution < -0.4 is 9.64 Å². The Morgan fingerprint density at radius 1 is 1.11 bits per heavy atom. The Labute approximate surface area is 264 Å². The van der Waals surface area contributed by atoms with Gasteiger partial charge in [-0.05, 0) is 73.2 Å². The van der Waals surface area contributed by atoms with E-state index >= 15 is 0 Å². The van der Waals surface area contributed by atoms with Gasteiger partial charge in [0.2, 0.25) is 5.28 Å². The van der Waals surface area contributed by atoms with Crippen molar-refractivity contribution in [3.8, 4) is 5.75 Å². The maximum absolute atomic E-state index is 12.7. The molecule has 1 fully saturated rings. The summed E-state index contributed by atoms with van der Waals surface area (Å²) in [5.74, 6) is 1.81. The zero-order chi connectivity index (χ0) is 30.4. The summed E-state index contributed by atoms with van der Waals surface area (Å²) in [7, 11) is 5.80. The van der Waals surface area contributed by atoms with Gasteiger partial charge in [0.1, 0.15) is 23.9 Å². The standard InChI is InChI=1S/C34H40ClN7O2/c1-39(2)32(43)29-17-25-20-41(15-8-16-42(25)38-29)31-27-21-40(3)34(19-30(27)36-33(35)37-31)14-7-11-24-12-13-26(18-28(24)34)44-22-23-9-5-4-6-10-23/h4-6,9-10,12-13,18,25H,7-8,11,14-17,19-22H2,1-3H3. The summed E-state index contributed by atoms with van der Waals surface area (Å²) in [6.07, 6.45) is 5.59. The molecular weight excluding hydrogens is 574 g/mol. The lowest BCUT2D eigenvalue weighted by molar-refractivity contribution is -0.121. The summed E-state index contributed by atoms with van der Waals surface area (Å²) in [6, 6.07) is 17.1. The number of carbonyl (C=O) groups excluding carboxylic acids is 1. The smallest absolute Gasteiger partial charge is 0.269 e. The van der Waals surface area contributed by atoms with E-state index in [0.29, 0.717) is 24.0 Å². The predicted octanol–water partition coefficient (Wildman–Crippen LogP) is 4.66. The minimum Gasteiger partial charge on any atom is -0.489 e. The molecule has 0 saturated carbocycles. The fourth-order valence-electron chi connectivity index (χ4n) is 7.53. The summed E-state index contributed by atoms with van der Waals surface area (Å²) in [6.45, 7) is 3.71. The topological polar surface area (TPSA) is 77.4 Å². The number of halogens is 1. The van der Waals surface area contributed by atoms with Crippen molar-refractivity contribution in [2.24, 2.45) is 5.10 Å². The van der Waals surface area contributed by atoms with E-state index in [1.54, 1.807) is 19.0 Å². The highest BCUT2D eigenvalue weighted by molar-refractivity contribution is 6.39. The number of aryl methyl sites for hydroxylation is 1. The van der Waals surface area contributed by atoms with Crippen LogP contribution in [0.3, 0.4) is 0 Å². The van der Waals surface area contributed by atoms with Crippen molar-refractivity contribution in [3.63, 3.8) is 0 Å². The second-order valence-electron chi connectivity index (χ2n) is 12.8. The monoisotopic (exact) mass is 613 g/mol. The van der Waals surface area contributed by atoms with Crippen LogP contribution in [0, 0.1) is 0 Å². The average molecular weight is 614 g/mol. The number of hydrogen-bond donors (Lipinski definition) is 0. The van der Waals surface area contributed by atoms with Gasteiger partial charge in [0.05, 0.1) is 17.3 Å². The Balaban J connectivity index is 1.17. The van der Waals surface area contributed by atoms with Gasteiger partial charge in [-0.1, -0.05) is 36.4 Å². The molecule has 3 aliphatic heterocycles. The summed E-state index contributed by atoms with van der Waals surface area (Å²) < 4.78 is 6.29. The molecule has 0 N–H and O–H groups in total. The van der Waals surface area contributed by atoms with E-state index in [9.17, 15) is 4.79 Å². The normalized spacial score (nSPS) is 23.0. The van der Waals surface area contributed by atoms with Crippen molar-refractivity contribution in [1.29, 1.82) is 0 Å². The van der Waals surface area contributed by atoms with E-state index in [1.165, 1.54) is 11.1 Å². The summed E-state index contributed by atoms with van der Waals surface area (Å²) in [4.78, 5) is 28.8. The van der Waals surface area contributed by atoms with Gasteiger partial charge < -0.3 is 14.5 Å². The Morgan fingerprint density at radius 3 is 2.77 bits per heavy atom. The zero-order valence-electron chi connectivity index (χ0n) is 25.8. The number of likely N-dealkylation sites (N-methyl/N-ethyl adjacent to an activating group) is 1. The van der Waals surface area contributed by atoms with Crippen LogP contribution in [-0.2, 0) is 36.3 Å². The number of ether oxygens (including phenoxy) is 1. The number of hydrazone groups is 1. The summed E-state index contributed by atoms with van der Waals surface area (Å²) in [5, 5.41) is 7.10. The number of amides is 1. The highest BCUT2D eigenvalue weighted by Gasteiger charge is 2.45. The largest absolute Gasteiger partial charge is 0.489 e. The van der Waals surface area contributed by atoms with Gasteiger partial charge in [-0.25, -0.2) is 9.97 Å². The van der Waals surface area contributed by atoms with Crippen molar-refractivity contribution in [3.05, 3.63) is 81.8 Å². The number of nitrogens with zero attached hydrogens (tertiary/aromatic N) is 7. The lowest BCUT2D eigenvalue weighted by Gasteiger charge is -2.49. The summed E-state index contributed by atoms with van der Waals surface area (Å²) >= 11 is 6.68. The lowest BCUT2D eigenvalue weighted by Crippen LogP contribution is -2.51. The van der Waals surface area contributed by atoms with Crippen LogP contribution in [0.25, 0.3) is 0 Å². The van der Waals surface area contributed by atoms with Crippen LogP contribution in [-0.4, -0.2) is 83.2 Å². The van der Waals surface area contributed by atoms with E-state index < -0.39 is 0 Å². The highest BCUT2D eigenvalue weighted by Crippen LogP contribution is 2.48. The molecule has 44 heavy (non-hydrogen) atoms. The highest BCUT2D eigenvalue weighted by atomic mass is 35.5. The fourth-order valence-corrected chi connectivity index (χ4v) is 7.71. The van der Waals surface area contributed by atoms with Crippen LogP contribution in [0.5, 0.6) is 5.75 Å². The Kier molecular flexibility index (Phi) is 7.70. The molecule has 10 heteroatoms. The molecule has 9 nitrogen and oxygen atoms in total. The minimum atomic E-state index is -0.183. The van der Waals surface area contributed by atoms with Crippen LogP contribution >= 0.6 is 11.6 Å². The van der Waals surface area contributed by atoms with E-state index in [-0.39, 0.29) is 17.5 Å². The molecule has 1 saturated heterocycles. The summed E-state index contributed by atoms with van der Waals surface area (Å²) in [5.41, 5.74) is 6.52. The van der Waals surface area contributed by atoms with Crippen molar-refractivity contribution >= 4 is 29.0 Å². The molecule has 230 valence electrons. The molecule has 4 heterocycles.